The van der Waals surface area contributed by atoms with Gasteiger partial charge in [-0.25, -0.2) is 0 Å². The molecule has 3 nitrogen and oxygen atoms in total. The molecular weight excluding hydrogens is 188 g/mol. The van der Waals surface area contributed by atoms with Crippen LogP contribution in [0.15, 0.2) is 12.7 Å². The van der Waals surface area contributed by atoms with E-state index in [1.165, 1.54) is 18.9 Å². The van der Waals surface area contributed by atoms with E-state index in [2.05, 4.69) is 30.6 Å². The molecule has 0 aromatic rings. The monoisotopic (exact) mass is 210 g/mol. The van der Waals surface area contributed by atoms with E-state index in [9.17, 15) is 4.79 Å². The van der Waals surface area contributed by atoms with Crippen molar-refractivity contribution < 1.29 is 4.79 Å². The molecule has 1 saturated heterocycles. The summed E-state index contributed by atoms with van der Waals surface area (Å²) in [6.07, 6.45) is 4.87. The summed E-state index contributed by atoms with van der Waals surface area (Å²) in [7, 11) is 0. The smallest absolute Gasteiger partial charge is 0.243 e. The highest BCUT2D eigenvalue weighted by atomic mass is 16.1. The normalized spacial score (nSPS) is 23.5. The number of carbonyl (C=O) groups excluding carboxylic acids is 1. The average Bonchev–Trinajstić information content (AvgIpc) is 2.43. The summed E-state index contributed by atoms with van der Waals surface area (Å²) in [5.74, 6) is -0.0504. The predicted molar refractivity (Wildman–Crippen MR) is 62.7 cm³/mol. The highest BCUT2D eigenvalue weighted by Crippen LogP contribution is 2.13. The number of nitrogens with zero attached hydrogens (tertiary/aromatic N) is 1. The molecule has 86 valence electrons. The van der Waals surface area contributed by atoms with Gasteiger partial charge in [0, 0.05) is 18.6 Å². The van der Waals surface area contributed by atoms with Gasteiger partial charge in [0.2, 0.25) is 5.91 Å². The van der Waals surface area contributed by atoms with Crippen LogP contribution in [0.1, 0.15) is 33.1 Å². The number of carbonyl (C=O) groups is 1. The van der Waals surface area contributed by atoms with Gasteiger partial charge >= 0.3 is 0 Å². The highest BCUT2D eigenvalue weighted by molar-refractivity contribution is 5.87. The van der Waals surface area contributed by atoms with Crippen molar-refractivity contribution in [1.82, 2.24) is 10.2 Å². The lowest BCUT2D eigenvalue weighted by Gasteiger charge is -2.27. The van der Waals surface area contributed by atoms with Crippen molar-refractivity contribution in [3.8, 4) is 0 Å². The molecule has 0 aliphatic carbocycles. The quantitative estimate of drug-likeness (QED) is 0.717. The minimum Gasteiger partial charge on any atom is -0.349 e. The molecule has 1 aliphatic rings. The summed E-state index contributed by atoms with van der Waals surface area (Å²) in [6, 6.07) is 0.853. The lowest BCUT2D eigenvalue weighted by Crippen LogP contribution is -2.44. The van der Waals surface area contributed by atoms with Crippen LogP contribution in [0.5, 0.6) is 0 Å². The fourth-order valence-electron chi connectivity index (χ4n) is 2.02. The number of nitrogens with one attached hydrogen (secondary N) is 1. The van der Waals surface area contributed by atoms with E-state index in [0.717, 1.165) is 19.5 Å². The van der Waals surface area contributed by atoms with E-state index in [4.69, 9.17) is 0 Å². The van der Waals surface area contributed by atoms with Crippen LogP contribution >= 0.6 is 0 Å². The molecule has 1 rings (SSSR count). The summed E-state index contributed by atoms with van der Waals surface area (Å²) >= 11 is 0. The molecule has 0 saturated carbocycles. The Morgan fingerprint density at radius 1 is 1.53 bits per heavy atom. The Morgan fingerprint density at radius 3 is 2.87 bits per heavy atom. The van der Waals surface area contributed by atoms with E-state index in [1.54, 1.807) is 0 Å². The molecule has 15 heavy (non-hydrogen) atoms. The van der Waals surface area contributed by atoms with Crippen LogP contribution < -0.4 is 5.32 Å². The minimum atomic E-state index is -0.0504. The van der Waals surface area contributed by atoms with Crippen LogP contribution in [-0.2, 0) is 4.79 Å². The number of hydrogen-bond acceptors (Lipinski definition) is 2. The number of likely N-dealkylation sites (tertiary alicyclic amines) is 1. The predicted octanol–water partition coefficient (Wildman–Crippen LogP) is 1.55. The first-order valence-electron chi connectivity index (χ1n) is 5.80. The Bertz CT molecular complexity index is 226. The van der Waals surface area contributed by atoms with Gasteiger partial charge in [0.05, 0.1) is 0 Å². The molecule has 1 amide bonds. The van der Waals surface area contributed by atoms with Crippen molar-refractivity contribution in [3.05, 3.63) is 12.7 Å². The molecule has 0 aromatic heterocycles. The van der Waals surface area contributed by atoms with Crippen molar-refractivity contribution in [1.29, 1.82) is 0 Å². The number of rotatable bonds is 3. The Morgan fingerprint density at radius 2 is 2.27 bits per heavy atom. The zero-order valence-electron chi connectivity index (χ0n) is 9.83. The van der Waals surface area contributed by atoms with Crippen LogP contribution in [0.4, 0.5) is 0 Å². The lowest BCUT2D eigenvalue weighted by molar-refractivity contribution is -0.117. The third-order valence-electron chi connectivity index (χ3n) is 2.96. The molecule has 0 aromatic carbocycles. The first kappa shape index (κ1) is 12.2. The third-order valence-corrected chi connectivity index (χ3v) is 2.96. The Labute approximate surface area is 92.5 Å². The Kier molecular flexibility index (Phi) is 4.82. The van der Waals surface area contributed by atoms with Gasteiger partial charge < -0.3 is 5.32 Å². The van der Waals surface area contributed by atoms with Gasteiger partial charge in [-0.2, -0.15) is 0 Å². The molecule has 1 aliphatic heterocycles. The van der Waals surface area contributed by atoms with Crippen LogP contribution in [0, 0.1) is 0 Å². The SMILES string of the molecule is C=CC(=O)NC1CCCCN(C(C)C)C1. The highest BCUT2D eigenvalue weighted by Gasteiger charge is 2.20. The summed E-state index contributed by atoms with van der Waals surface area (Å²) in [5, 5.41) is 2.99. The van der Waals surface area contributed by atoms with Crippen LogP contribution in [-0.4, -0.2) is 36.0 Å². The molecule has 3 heteroatoms. The van der Waals surface area contributed by atoms with Gasteiger partial charge in [0.25, 0.3) is 0 Å². The first-order chi connectivity index (χ1) is 7.13. The first-order valence-corrected chi connectivity index (χ1v) is 5.80. The third kappa shape index (κ3) is 4.04. The number of hydrogen-bond donors (Lipinski definition) is 1. The van der Waals surface area contributed by atoms with Crippen molar-refractivity contribution in [2.45, 2.75) is 45.2 Å². The zero-order chi connectivity index (χ0) is 11.3. The fourth-order valence-corrected chi connectivity index (χ4v) is 2.02. The summed E-state index contributed by atoms with van der Waals surface area (Å²) in [5.41, 5.74) is 0. The van der Waals surface area contributed by atoms with Gasteiger partial charge in [-0.3, -0.25) is 9.69 Å². The average molecular weight is 210 g/mol. The Hall–Kier alpha value is -0.830. The Balaban J connectivity index is 2.49. The largest absolute Gasteiger partial charge is 0.349 e. The van der Waals surface area contributed by atoms with Crippen LogP contribution in [0.3, 0.4) is 0 Å². The molecule has 1 N–H and O–H groups in total. The number of amides is 1. The maximum Gasteiger partial charge on any atom is 0.243 e. The molecule has 0 bridgehead atoms. The fraction of sp³-hybridized carbons (Fsp3) is 0.750. The topological polar surface area (TPSA) is 32.3 Å². The second-order valence-electron chi connectivity index (χ2n) is 4.49. The van der Waals surface area contributed by atoms with Gasteiger partial charge in [-0.05, 0) is 39.3 Å². The maximum atomic E-state index is 11.2. The molecule has 0 radical (unpaired) electrons. The molecule has 1 unspecified atom stereocenters. The van der Waals surface area contributed by atoms with Gasteiger partial charge in [-0.1, -0.05) is 13.0 Å². The minimum absolute atomic E-state index is 0.0504. The van der Waals surface area contributed by atoms with Crippen LogP contribution in [0.25, 0.3) is 0 Å². The van der Waals surface area contributed by atoms with Crippen molar-refractivity contribution in [2.75, 3.05) is 13.1 Å². The molecular formula is C12H22N2O. The summed E-state index contributed by atoms with van der Waals surface area (Å²) < 4.78 is 0. The zero-order valence-corrected chi connectivity index (χ0v) is 9.83. The van der Waals surface area contributed by atoms with E-state index >= 15 is 0 Å². The molecule has 1 fully saturated rings. The van der Waals surface area contributed by atoms with Crippen molar-refractivity contribution in [3.63, 3.8) is 0 Å². The van der Waals surface area contributed by atoms with E-state index in [-0.39, 0.29) is 5.91 Å². The second kappa shape index (κ2) is 5.91. The second-order valence-corrected chi connectivity index (χ2v) is 4.49. The van der Waals surface area contributed by atoms with Crippen molar-refractivity contribution >= 4 is 5.91 Å². The summed E-state index contributed by atoms with van der Waals surface area (Å²) in [6.45, 7) is 10.0. The van der Waals surface area contributed by atoms with E-state index < -0.39 is 0 Å². The lowest BCUT2D eigenvalue weighted by atomic mass is 10.1. The molecule has 0 spiro atoms. The maximum absolute atomic E-state index is 11.2. The van der Waals surface area contributed by atoms with E-state index in [0.29, 0.717) is 12.1 Å². The molecule has 1 heterocycles. The van der Waals surface area contributed by atoms with Crippen molar-refractivity contribution in [2.24, 2.45) is 0 Å². The summed E-state index contributed by atoms with van der Waals surface area (Å²) in [4.78, 5) is 13.7. The van der Waals surface area contributed by atoms with E-state index in [1.807, 2.05) is 0 Å². The van der Waals surface area contributed by atoms with Gasteiger partial charge in [0.15, 0.2) is 0 Å². The van der Waals surface area contributed by atoms with Crippen LogP contribution in [0.2, 0.25) is 0 Å². The standard InChI is InChI=1S/C12H22N2O/c1-4-12(15)13-11-7-5-6-8-14(9-11)10(2)3/h4,10-11H,1,5-9H2,2-3H3,(H,13,15). The van der Waals surface area contributed by atoms with Gasteiger partial charge in [-0.15, -0.1) is 0 Å². The molecule has 1 atom stereocenters. The van der Waals surface area contributed by atoms with Gasteiger partial charge in [0.1, 0.15) is 0 Å².